The number of hydrogen-bond acceptors (Lipinski definition) is 5. The minimum Gasteiger partial charge on any atom is -0.493 e. The number of thiazole rings is 2. The van der Waals surface area contributed by atoms with Gasteiger partial charge in [0.2, 0.25) is 5.88 Å². The Morgan fingerprint density at radius 1 is 1.53 bits per heavy atom. The Hall–Kier alpha value is -0.980. The van der Waals surface area contributed by atoms with Gasteiger partial charge in [0.25, 0.3) is 0 Å². The number of aryl methyl sites for hydroxylation is 1. The van der Waals surface area contributed by atoms with Crippen LogP contribution in [0.5, 0.6) is 5.88 Å². The summed E-state index contributed by atoms with van der Waals surface area (Å²) < 4.78 is 2.41. The van der Waals surface area contributed by atoms with E-state index in [0.29, 0.717) is 10.5 Å². The van der Waals surface area contributed by atoms with Gasteiger partial charge in [-0.3, -0.25) is 4.57 Å². The fourth-order valence-electron chi connectivity index (χ4n) is 1.40. The number of nitrogens with zero attached hydrogens (tertiary/aromatic N) is 2. The zero-order chi connectivity index (χ0) is 12.4. The molecule has 17 heavy (non-hydrogen) atoms. The van der Waals surface area contributed by atoms with Crippen LogP contribution in [-0.4, -0.2) is 14.7 Å². The second-order valence-electron chi connectivity index (χ2n) is 3.46. The van der Waals surface area contributed by atoms with Crippen LogP contribution in [0.25, 0.3) is 12.2 Å². The minimum absolute atomic E-state index is 0.243. The highest BCUT2D eigenvalue weighted by molar-refractivity contribution is 7.73. The predicted molar refractivity (Wildman–Crippen MR) is 76.3 cm³/mol. The van der Waals surface area contributed by atoms with Crippen LogP contribution in [0.2, 0.25) is 0 Å². The molecule has 0 saturated heterocycles. The van der Waals surface area contributed by atoms with Crippen molar-refractivity contribution in [3.8, 4) is 5.88 Å². The Morgan fingerprint density at radius 2 is 2.29 bits per heavy atom. The first-order valence-electron chi connectivity index (χ1n) is 5.14. The highest BCUT2D eigenvalue weighted by Gasteiger charge is 2.07. The fraction of sp³-hybridized carbons (Fsp3) is 0.273. The van der Waals surface area contributed by atoms with Gasteiger partial charge in [-0.05, 0) is 38.2 Å². The quantitative estimate of drug-likeness (QED) is 0.868. The maximum Gasteiger partial charge on any atom is 0.210 e. The largest absolute Gasteiger partial charge is 0.493 e. The van der Waals surface area contributed by atoms with E-state index in [2.05, 4.69) is 4.98 Å². The van der Waals surface area contributed by atoms with E-state index in [1.165, 1.54) is 11.3 Å². The van der Waals surface area contributed by atoms with Crippen molar-refractivity contribution in [2.24, 2.45) is 0 Å². The molecule has 0 saturated carbocycles. The van der Waals surface area contributed by atoms with Crippen molar-refractivity contribution in [3.05, 3.63) is 24.9 Å². The molecule has 2 heterocycles. The highest BCUT2D eigenvalue weighted by Crippen LogP contribution is 2.28. The normalized spacial score (nSPS) is 11.4. The summed E-state index contributed by atoms with van der Waals surface area (Å²) in [6.07, 6.45) is 3.76. The molecule has 0 bridgehead atoms. The van der Waals surface area contributed by atoms with Crippen LogP contribution in [-0.2, 0) is 6.54 Å². The Morgan fingerprint density at radius 3 is 2.82 bits per heavy atom. The Balaban J connectivity index is 2.30. The maximum atomic E-state index is 9.93. The number of hydrogen-bond donors (Lipinski definition) is 1. The van der Waals surface area contributed by atoms with Crippen molar-refractivity contribution >= 4 is 47.0 Å². The third-order valence-electron chi connectivity index (χ3n) is 2.22. The van der Waals surface area contributed by atoms with E-state index in [-0.39, 0.29) is 5.88 Å². The van der Waals surface area contributed by atoms with Gasteiger partial charge >= 0.3 is 0 Å². The van der Waals surface area contributed by atoms with Gasteiger partial charge in [-0.25, -0.2) is 4.98 Å². The molecular weight excluding hydrogens is 272 g/mol. The standard InChI is InChI=1S/C11H12N2OS3/c1-3-13-10(14)8(17-11(13)15)4-5-9-12-7(2)6-16-9/h4-6,14H,3H2,1-2H3/b5-4+. The van der Waals surface area contributed by atoms with Gasteiger partial charge in [0.15, 0.2) is 3.95 Å². The van der Waals surface area contributed by atoms with Gasteiger partial charge in [-0.1, -0.05) is 0 Å². The Kier molecular flexibility index (Phi) is 3.76. The molecule has 0 fully saturated rings. The van der Waals surface area contributed by atoms with Crippen LogP contribution in [0.1, 0.15) is 22.5 Å². The van der Waals surface area contributed by atoms with E-state index in [0.717, 1.165) is 15.6 Å². The van der Waals surface area contributed by atoms with Crippen LogP contribution >= 0.6 is 34.9 Å². The van der Waals surface area contributed by atoms with Crippen molar-refractivity contribution in [2.45, 2.75) is 20.4 Å². The molecule has 0 aromatic carbocycles. The van der Waals surface area contributed by atoms with Gasteiger partial charge in [0.05, 0.1) is 4.88 Å². The summed E-state index contributed by atoms with van der Waals surface area (Å²) >= 11 is 8.16. The monoisotopic (exact) mass is 284 g/mol. The molecule has 2 aromatic rings. The van der Waals surface area contributed by atoms with Gasteiger partial charge < -0.3 is 5.11 Å². The third-order valence-corrected chi connectivity index (χ3v) is 4.56. The molecule has 2 rings (SSSR count). The lowest BCUT2D eigenvalue weighted by Crippen LogP contribution is -1.91. The van der Waals surface area contributed by atoms with Crippen molar-refractivity contribution in [1.29, 1.82) is 0 Å². The second-order valence-corrected chi connectivity index (χ2v) is 6.03. The minimum atomic E-state index is 0.243. The summed E-state index contributed by atoms with van der Waals surface area (Å²) in [5.41, 5.74) is 1.01. The lowest BCUT2D eigenvalue weighted by molar-refractivity contribution is 0.419. The summed E-state index contributed by atoms with van der Waals surface area (Å²) in [5.74, 6) is 0.243. The Labute approximate surface area is 113 Å². The summed E-state index contributed by atoms with van der Waals surface area (Å²) in [4.78, 5) is 5.11. The lowest BCUT2D eigenvalue weighted by atomic mass is 10.4. The molecule has 0 unspecified atom stereocenters. The first-order chi connectivity index (χ1) is 8.11. The maximum absolute atomic E-state index is 9.93. The summed E-state index contributed by atoms with van der Waals surface area (Å²) in [6.45, 7) is 4.61. The molecule has 0 aliphatic heterocycles. The average molecular weight is 284 g/mol. The highest BCUT2D eigenvalue weighted by atomic mass is 32.1. The molecule has 0 amide bonds. The number of aromatic nitrogens is 2. The molecule has 2 aromatic heterocycles. The molecule has 0 radical (unpaired) electrons. The zero-order valence-electron chi connectivity index (χ0n) is 9.51. The molecular formula is C11H12N2OS3. The van der Waals surface area contributed by atoms with E-state index < -0.39 is 0 Å². The smallest absolute Gasteiger partial charge is 0.210 e. The summed E-state index contributed by atoms with van der Waals surface area (Å²) in [6, 6.07) is 0. The topological polar surface area (TPSA) is 38.0 Å². The molecule has 0 atom stereocenters. The van der Waals surface area contributed by atoms with Gasteiger partial charge in [0.1, 0.15) is 5.01 Å². The molecule has 6 heteroatoms. The van der Waals surface area contributed by atoms with E-state index in [4.69, 9.17) is 12.2 Å². The Bertz CT molecular complexity index is 607. The SMILES string of the molecule is CCn1c(O)c(/C=C/c2nc(C)cs2)sc1=S. The van der Waals surface area contributed by atoms with Crippen LogP contribution in [0.15, 0.2) is 5.38 Å². The predicted octanol–water partition coefficient (Wildman–Crippen LogP) is 3.94. The lowest BCUT2D eigenvalue weighted by Gasteiger charge is -1.97. The van der Waals surface area contributed by atoms with Gasteiger partial charge in [-0.15, -0.1) is 22.7 Å². The van der Waals surface area contributed by atoms with E-state index in [9.17, 15) is 5.11 Å². The van der Waals surface area contributed by atoms with Crippen molar-refractivity contribution in [2.75, 3.05) is 0 Å². The number of aromatic hydroxyl groups is 1. The fourth-order valence-corrected chi connectivity index (χ4v) is 3.42. The van der Waals surface area contributed by atoms with E-state index >= 15 is 0 Å². The van der Waals surface area contributed by atoms with Crippen molar-refractivity contribution in [3.63, 3.8) is 0 Å². The molecule has 0 aliphatic carbocycles. The zero-order valence-corrected chi connectivity index (χ0v) is 12.0. The van der Waals surface area contributed by atoms with Gasteiger partial charge in [0, 0.05) is 17.6 Å². The summed E-state index contributed by atoms with van der Waals surface area (Å²) in [5, 5.41) is 12.9. The molecule has 3 nitrogen and oxygen atoms in total. The molecule has 0 aliphatic rings. The van der Waals surface area contributed by atoms with Crippen LogP contribution in [0, 0.1) is 10.9 Å². The van der Waals surface area contributed by atoms with Crippen LogP contribution in [0.4, 0.5) is 0 Å². The summed E-state index contributed by atoms with van der Waals surface area (Å²) in [7, 11) is 0. The molecule has 0 spiro atoms. The van der Waals surface area contributed by atoms with Crippen LogP contribution < -0.4 is 0 Å². The molecule has 1 N–H and O–H groups in total. The number of rotatable bonds is 3. The third kappa shape index (κ3) is 2.65. The first-order valence-corrected chi connectivity index (χ1v) is 7.25. The second kappa shape index (κ2) is 5.12. The van der Waals surface area contributed by atoms with Gasteiger partial charge in [-0.2, -0.15) is 0 Å². The first kappa shape index (κ1) is 12.5. The van der Waals surface area contributed by atoms with Crippen LogP contribution in [0.3, 0.4) is 0 Å². The molecule has 90 valence electrons. The van der Waals surface area contributed by atoms with Crippen molar-refractivity contribution in [1.82, 2.24) is 9.55 Å². The van der Waals surface area contributed by atoms with Crippen molar-refractivity contribution < 1.29 is 5.11 Å². The van der Waals surface area contributed by atoms with E-state index in [1.54, 1.807) is 15.9 Å². The average Bonchev–Trinajstić information content (AvgIpc) is 2.81. The van der Waals surface area contributed by atoms with E-state index in [1.807, 2.05) is 31.4 Å².